The summed E-state index contributed by atoms with van der Waals surface area (Å²) >= 11 is 7.81. The number of hydrogen-bond donors (Lipinski definition) is 0. The van der Waals surface area contributed by atoms with Crippen LogP contribution in [0.15, 0.2) is 48.0 Å². The van der Waals surface area contributed by atoms with Crippen LogP contribution in [0, 0.1) is 20.8 Å². The second-order valence-corrected chi connectivity index (χ2v) is 8.98. The molecular formula is C24H23IN2O3S. The lowest BCUT2D eigenvalue weighted by atomic mass is 9.99. The zero-order valence-electron chi connectivity index (χ0n) is 17.4. The highest BCUT2D eigenvalue weighted by molar-refractivity contribution is 14.1. The maximum Gasteiger partial charge on any atom is 0.354 e. The van der Waals surface area contributed by atoms with E-state index >= 15 is 0 Å². The lowest BCUT2D eigenvalue weighted by Gasteiger charge is -2.32. The van der Waals surface area contributed by atoms with E-state index in [0.717, 1.165) is 42.0 Å². The van der Waals surface area contributed by atoms with E-state index < -0.39 is 5.97 Å². The van der Waals surface area contributed by atoms with Gasteiger partial charge in [-0.3, -0.25) is 0 Å². The Morgan fingerprint density at radius 1 is 1.26 bits per heavy atom. The van der Waals surface area contributed by atoms with Crippen molar-refractivity contribution in [1.82, 2.24) is 4.90 Å². The molecule has 0 amide bonds. The minimum atomic E-state index is -0.733. The van der Waals surface area contributed by atoms with E-state index in [1.807, 2.05) is 42.5 Å². The molecule has 1 aliphatic heterocycles. The molecule has 0 aliphatic carbocycles. The molecule has 0 saturated carbocycles. The highest BCUT2D eigenvalue weighted by atomic mass is 127. The highest BCUT2D eigenvalue weighted by Crippen LogP contribution is 2.35. The molecule has 160 valence electrons. The van der Waals surface area contributed by atoms with E-state index in [1.165, 1.54) is 13.2 Å². The number of methoxy groups -OCH3 is 1. The van der Waals surface area contributed by atoms with Crippen LogP contribution >= 0.6 is 34.8 Å². The van der Waals surface area contributed by atoms with Gasteiger partial charge in [0.15, 0.2) is 11.5 Å². The van der Waals surface area contributed by atoms with E-state index in [0.29, 0.717) is 15.2 Å². The van der Waals surface area contributed by atoms with Crippen LogP contribution in [0.3, 0.4) is 0 Å². The zero-order valence-corrected chi connectivity index (χ0v) is 20.4. The molecule has 1 aliphatic rings. The van der Waals surface area contributed by atoms with Crippen molar-refractivity contribution in [2.75, 3.05) is 20.2 Å². The Hall–Kier alpha value is -2.44. The average Bonchev–Trinajstić information content (AvgIpc) is 2.79. The van der Waals surface area contributed by atoms with Crippen molar-refractivity contribution in [3.05, 3.63) is 62.7 Å². The monoisotopic (exact) mass is 546 g/mol. The van der Waals surface area contributed by atoms with Gasteiger partial charge in [-0.2, -0.15) is 5.26 Å². The first-order valence-corrected chi connectivity index (χ1v) is 11.5. The minimum Gasteiger partial charge on any atom is -0.493 e. The van der Waals surface area contributed by atoms with Crippen molar-refractivity contribution in [3.63, 3.8) is 0 Å². The summed E-state index contributed by atoms with van der Waals surface area (Å²) in [5, 5.41) is 9.44. The quantitative estimate of drug-likeness (QED) is 0.128. The lowest BCUT2D eigenvalue weighted by molar-refractivity contribution is -0.129. The summed E-state index contributed by atoms with van der Waals surface area (Å²) in [5.74, 6) is 0.665. The molecule has 0 bridgehead atoms. The number of likely N-dealkylation sites (tertiary alicyclic amines) is 1. The number of benzene rings is 2. The normalized spacial score (nSPS) is 14.6. The summed E-state index contributed by atoms with van der Waals surface area (Å²) in [6.07, 6.45) is 3.74. The largest absolute Gasteiger partial charge is 0.493 e. The smallest absolute Gasteiger partial charge is 0.354 e. The van der Waals surface area contributed by atoms with E-state index in [2.05, 4.69) is 34.4 Å². The van der Waals surface area contributed by atoms with Crippen molar-refractivity contribution in [3.8, 4) is 17.6 Å². The Morgan fingerprint density at radius 3 is 2.55 bits per heavy atom. The SMILES string of the molecule is COc1cc(C(=S)N2CCC(C)CC2)cc(I)c1OC(=O)/C(C#N)=C/c1ccccc1. The van der Waals surface area contributed by atoms with Gasteiger partial charge in [0.05, 0.1) is 10.7 Å². The number of esters is 1. The van der Waals surface area contributed by atoms with Crippen molar-refractivity contribution in [2.24, 2.45) is 5.92 Å². The maximum atomic E-state index is 12.7. The number of hydrogen-bond acceptors (Lipinski definition) is 5. The highest BCUT2D eigenvalue weighted by Gasteiger charge is 2.23. The van der Waals surface area contributed by atoms with Gasteiger partial charge < -0.3 is 14.4 Å². The Kier molecular flexibility index (Phi) is 8.04. The molecule has 0 atom stereocenters. The van der Waals surface area contributed by atoms with Gasteiger partial charge in [-0.25, -0.2) is 4.79 Å². The number of piperidine rings is 1. The molecule has 1 saturated heterocycles. The fraction of sp³-hybridized carbons (Fsp3) is 0.292. The number of nitrogens with zero attached hydrogens (tertiary/aromatic N) is 2. The first-order valence-electron chi connectivity index (χ1n) is 9.98. The summed E-state index contributed by atoms with van der Waals surface area (Å²) in [5.41, 5.74) is 1.51. The summed E-state index contributed by atoms with van der Waals surface area (Å²) in [6.45, 7) is 4.13. The number of carbonyl (C=O) groups is 1. The molecule has 0 spiro atoms. The average molecular weight is 546 g/mol. The second kappa shape index (κ2) is 10.7. The molecule has 2 aromatic carbocycles. The number of halogens is 1. The number of nitriles is 1. The fourth-order valence-electron chi connectivity index (χ4n) is 3.34. The Bertz CT molecular complexity index is 1040. The van der Waals surface area contributed by atoms with E-state index in [1.54, 1.807) is 6.07 Å². The molecular weight excluding hydrogens is 523 g/mol. The van der Waals surface area contributed by atoms with E-state index in [4.69, 9.17) is 21.7 Å². The van der Waals surface area contributed by atoms with Gasteiger partial charge in [-0.15, -0.1) is 0 Å². The van der Waals surface area contributed by atoms with Crippen molar-refractivity contribution in [2.45, 2.75) is 19.8 Å². The van der Waals surface area contributed by atoms with Gasteiger partial charge in [-0.1, -0.05) is 49.5 Å². The van der Waals surface area contributed by atoms with Gasteiger partial charge >= 0.3 is 5.97 Å². The van der Waals surface area contributed by atoms with Crippen LogP contribution in [-0.4, -0.2) is 36.1 Å². The van der Waals surface area contributed by atoms with Gasteiger partial charge in [0, 0.05) is 18.7 Å². The van der Waals surface area contributed by atoms with Crippen LogP contribution in [0.2, 0.25) is 0 Å². The molecule has 5 nitrogen and oxygen atoms in total. The minimum absolute atomic E-state index is 0.0916. The molecule has 3 rings (SSSR count). The van der Waals surface area contributed by atoms with Crippen LogP contribution in [0.1, 0.15) is 30.9 Å². The molecule has 0 N–H and O–H groups in total. The predicted octanol–water partition coefficient (Wildman–Crippen LogP) is 5.22. The molecule has 0 radical (unpaired) electrons. The van der Waals surface area contributed by atoms with Crippen molar-refractivity contribution >= 4 is 51.8 Å². The van der Waals surface area contributed by atoms with Crippen molar-refractivity contribution in [1.29, 1.82) is 5.26 Å². The van der Waals surface area contributed by atoms with E-state index in [-0.39, 0.29) is 11.3 Å². The summed E-state index contributed by atoms with van der Waals surface area (Å²) in [7, 11) is 1.52. The third-order valence-corrected chi connectivity index (χ3v) is 6.49. The molecule has 0 aromatic heterocycles. The molecule has 2 aromatic rings. The predicted molar refractivity (Wildman–Crippen MR) is 133 cm³/mol. The zero-order chi connectivity index (χ0) is 22.4. The van der Waals surface area contributed by atoms with Crippen LogP contribution in [-0.2, 0) is 4.79 Å². The van der Waals surface area contributed by atoms with Gasteiger partial charge in [0.25, 0.3) is 0 Å². The Balaban J connectivity index is 1.83. The molecule has 7 heteroatoms. The summed E-state index contributed by atoms with van der Waals surface area (Å²) < 4.78 is 11.7. The molecule has 0 unspecified atom stereocenters. The summed E-state index contributed by atoms with van der Waals surface area (Å²) in [4.78, 5) is 15.6. The number of carbonyl (C=O) groups excluding carboxylic acids is 1. The van der Waals surface area contributed by atoms with Crippen LogP contribution in [0.25, 0.3) is 6.08 Å². The number of thiocarbonyl (C=S) groups is 1. The number of ether oxygens (including phenoxy) is 2. The first kappa shape index (κ1) is 23.2. The topological polar surface area (TPSA) is 62.6 Å². The third-order valence-electron chi connectivity index (χ3n) is 5.19. The maximum absolute atomic E-state index is 12.7. The lowest BCUT2D eigenvalue weighted by Crippen LogP contribution is -2.37. The van der Waals surface area contributed by atoms with Gasteiger partial charge in [-0.05, 0) is 65.1 Å². The van der Waals surface area contributed by atoms with Crippen molar-refractivity contribution < 1.29 is 14.3 Å². The molecule has 1 fully saturated rings. The van der Waals surface area contributed by atoms with Crippen LogP contribution in [0.5, 0.6) is 11.5 Å². The summed E-state index contributed by atoms with van der Waals surface area (Å²) in [6, 6.07) is 14.8. The number of rotatable bonds is 5. The molecule has 31 heavy (non-hydrogen) atoms. The van der Waals surface area contributed by atoms with Gasteiger partial charge in [0.2, 0.25) is 0 Å². The fourth-order valence-corrected chi connectivity index (χ4v) is 4.35. The van der Waals surface area contributed by atoms with Crippen LogP contribution in [0.4, 0.5) is 0 Å². The standard InChI is InChI=1S/C24H23IN2O3S/c1-16-8-10-27(11-9-16)23(31)18-13-20(25)22(21(14-18)29-2)30-24(28)19(15-26)12-17-6-4-3-5-7-17/h3-7,12-14,16H,8-11H2,1-2H3/b19-12+. The van der Waals surface area contributed by atoms with E-state index in [9.17, 15) is 10.1 Å². The first-order chi connectivity index (χ1) is 14.9. The third kappa shape index (κ3) is 5.83. The second-order valence-electron chi connectivity index (χ2n) is 7.43. The van der Waals surface area contributed by atoms with Crippen LogP contribution < -0.4 is 9.47 Å². The molecule has 1 heterocycles. The van der Waals surface area contributed by atoms with Gasteiger partial charge in [0.1, 0.15) is 16.6 Å². The Labute approximate surface area is 201 Å². The Morgan fingerprint density at radius 2 is 1.94 bits per heavy atom.